The fourth-order valence-electron chi connectivity index (χ4n) is 4.98. The Hall–Kier alpha value is -3.53. The van der Waals surface area contributed by atoms with Crippen molar-refractivity contribution in [3.05, 3.63) is 53.9 Å². The number of benzene rings is 1. The second-order valence-electron chi connectivity index (χ2n) is 7.91. The van der Waals surface area contributed by atoms with Crippen LogP contribution in [0.1, 0.15) is 41.6 Å². The summed E-state index contributed by atoms with van der Waals surface area (Å²) in [7, 11) is 0. The highest BCUT2D eigenvalue weighted by Gasteiger charge is 2.41. The minimum Gasteiger partial charge on any atom is -0.381 e. The number of nitriles is 1. The van der Waals surface area contributed by atoms with Gasteiger partial charge in [-0.05, 0) is 56.0 Å². The number of anilines is 2. The van der Waals surface area contributed by atoms with Crippen molar-refractivity contribution in [2.75, 3.05) is 10.2 Å². The molecule has 4 heterocycles. The summed E-state index contributed by atoms with van der Waals surface area (Å²) in [6.45, 7) is 0. The van der Waals surface area contributed by atoms with Crippen LogP contribution >= 0.6 is 0 Å². The lowest BCUT2D eigenvalue weighted by molar-refractivity contribution is 0.100. The summed E-state index contributed by atoms with van der Waals surface area (Å²) >= 11 is 0. The van der Waals surface area contributed by atoms with E-state index >= 15 is 0 Å². The summed E-state index contributed by atoms with van der Waals surface area (Å²) < 4.78 is 0. The van der Waals surface area contributed by atoms with Gasteiger partial charge in [0.2, 0.25) is 0 Å². The lowest BCUT2D eigenvalue weighted by Crippen LogP contribution is -2.47. The van der Waals surface area contributed by atoms with E-state index in [1.807, 2.05) is 24.4 Å². The molecule has 1 aromatic carbocycles. The van der Waals surface area contributed by atoms with Gasteiger partial charge in [-0.15, -0.1) is 0 Å². The van der Waals surface area contributed by atoms with Gasteiger partial charge in [-0.1, -0.05) is 0 Å². The first kappa shape index (κ1) is 17.6. The quantitative estimate of drug-likeness (QED) is 0.638. The number of amides is 1. The number of pyridine rings is 1. The van der Waals surface area contributed by atoms with Crippen LogP contribution in [0.5, 0.6) is 0 Å². The highest BCUT2D eigenvalue weighted by molar-refractivity contribution is 6.06. The minimum atomic E-state index is -0.471. The van der Waals surface area contributed by atoms with Gasteiger partial charge in [-0.25, -0.2) is 4.98 Å². The van der Waals surface area contributed by atoms with Crippen LogP contribution in [0, 0.1) is 11.3 Å². The van der Waals surface area contributed by atoms with E-state index in [0.717, 1.165) is 42.4 Å². The van der Waals surface area contributed by atoms with Crippen molar-refractivity contribution in [3.8, 4) is 6.07 Å². The number of aromatic nitrogens is 2. The average Bonchev–Trinajstić information content (AvgIpc) is 3.31. The van der Waals surface area contributed by atoms with E-state index in [-0.39, 0.29) is 6.04 Å². The Morgan fingerprint density at radius 2 is 1.93 bits per heavy atom. The van der Waals surface area contributed by atoms with Gasteiger partial charge in [-0.2, -0.15) is 5.26 Å². The van der Waals surface area contributed by atoms with E-state index in [9.17, 15) is 4.79 Å². The van der Waals surface area contributed by atoms with Crippen molar-refractivity contribution < 1.29 is 4.79 Å². The molecule has 2 bridgehead atoms. The smallest absolute Gasteiger partial charge is 0.252 e. The highest BCUT2D eigenvalue weighted by atomic mass is 16.1. The number of H-pyrrole nitrogens is 1. The molecule has 146 valence electrons. The molecule has 0 radical (unpaired) electrons. The molecule has 7 heteroatoms. The number of nitrogens with zero attached hydrogens (tertiary/aromatic N) is 3. The number of hydrogen-bond donors (Lipinski definition) is 3. The predicted octanol–water partition coefficient (Wildman–Crippen LogP) is 3.15. The molecule has 2 fully saturated rings. The van der Waals surface area contributed by atoms with Gasteiger partial charge in [0.05, 0.1) is 22.9 Å². The van der Waals surface area contributed by atoms with Gasteiger partial charge < -0.3 is 20.9 Å². The van der Waals surface area contributed by atoms with Crippen LogP contribution in [0.15, 0.2) is 42.7 Å². The Morgan fingerprint density at radius 1 is 1.21 bits per heavy atom. The van der Waals surface area contributed by atoms with E-state index in [2.05, 4.69) is 38.4 Å². The van der Waals surface area contributed by atoms with Crippen molar-refractivity contribution in [2.45, 2.75) is 43.8 Å². The molecule has 1 amide bonds. The van der Waals surface area contributed by atoms with E-state index in [0.29, 0.717) is 23.2 Å². The summed E-state index contributed by atoms with van der Waals surface area (Å²) in [4.78, 5) is 21.9. The molecule has 3 atom stereocenters. The molecule has 5 rings (SSSR count). The molecule has 2 saturated heterocycles. The average molecular weight is 386 g/mol. The fourth-order valence-corrected chi connectivity index (χ4v) is 4.98. The van der Waals surface area contributed by atoms with Crippen LogP contribution < -0.4 is 16.0 Å². The highest BCUT2D eigenvalue weighted by Crippen LogP contribution is 2.41. The van der Waals surface area contributed by atoms with Crippen LogP contribution in [0.25, 0.3) is 11.0 Å². The van der Waals surface area contributed by atoms with Gasteiger partial charge >= 0.3 is 0 Å². The van der Waals surface area contributed by atoms with Gasteiger partial charge in [0, 0.05) is 41.6 Å². The Kier molecular flexibility index (Phi) is 4.13. The van der Waals surface area contributed by atoms with Gasteiger partial charge in [0.15, 0.2) is 0 Å². The Bertz CT molecular complexity index is 1100. The number of nitrogens with two attached hydrogens (primary N) is 1. The maximum atomic E-state index is 12.0. The van der Waals surface area contributed by atoms with Gasteiger partial charge in [0.25, 0.3) is 5.91 Å². The molecule has 0 saturated carbocycles. The number of hydrogen-bond acceptors (Lipinski definition) is 5. The second kappa shape index (κ2) is 6.82. The summed E-state index contributed by atoms with van der Waals surface area (Å²) in [5, 5.41) is 13.6. The van der Waals surface area contributed by atoms with Crippen molar-refractivity contribution in [1.82, 2.24) is 9.97 Å². The van der Waals surface area contributed by atoms with E-state index < -0.39 is 5.91 Å². The van der Waals surface area contributed by atoms with Gasteiger partial charge in [0.1, 0.15) is 5.65 Å². The zero-order chi connectivity index (χ0) is 20.0. The SMILES string of the molecule is N#Cc1ccc(N2[C@@H]3CC[C@H]2C[C@H](Nc2c(C(N)=O)cnc4[nH]ccc24)C3)cc1. The number of primary amides is 1. The monoisotopic (exact) mass is 386 g/mol. The summed E-state index contributed by atoms with van der Waals surface area (Å²) in [5.74, 6) is -0.471. The van der Waals surface area contributed by atoms with E-state index in [1.54, 1.807) is 6.20 Å². The molecule has 29 heavy (non-hydrogen) atoms. The molecule has 4 N–H and O–H groups in total. The van der Waals surface area contributed by atoms with Crippen LogP contribution in [0.4, 0.5) is 11.4 Å². The third-order valence-corrected chi connectivity index (χ3v) is 6.23. The maximum absolute atomic E-state index is 12.0. The standard InChI is InChI=1S/C22H22N6O/c23-11-13-1-3-15(4-2-13)28-16-5-6-17(28)10-14(9-16)27-20-18-7-8-25-22(18)26-12-19(20)21(24)29/h1-4,7-8,12,14,16-17H,5-6,9-10H2,(H2,24,29)(H2,25,26,27)/t14-,16-,17+. The molecular weight excluding hydrogens is 364 g/mol. The third-order valence-electron chi connectivity index (χ3n) is 6.23. The zero-order valence-electron chi connectivity index (χ0n) is 15.9. The number of piperidine rings is 1. The van der Waals surface area contributed by atoms with Gasteiger partial charge in [-0.3, -0.25) is 4.79 Å². The largest absolute Gasteiger partial charge is 0.381 e. The zero-order valence-corrected chi connectivity index (χ0v) is 15.9. The first-order chi connectivity index (χ1) is 14.1. The van der Waals surface area contributed by atoms with Crippen molar-refractivity contribution in [1.29, 1.82) is 5.26 Å². The topological polar surface area (TPSA) is 111 Å². The minimum absolute atomic E-state index is 0.265. The van der Waals surface area contributed by atoms with Crippen LogP contribution in [-0.2, 0) is 0 Å². The molecule has 0 unspecified atom stereocenters. The lowest BCUT2D eigenvalue weighted by Gasteiger charge is -2.41. The van der Waals surface area contributed by atoms with Crippen LogP contribution in [-0.4, -0.2) is 34.0 Å². The number of aromatic amines is 1. The molecule has 0 spiro atoms. The van der Waals surface area contributed by atoms with E-state index in [4.69, 9.17) is 11.0 Å². The molecule has 0 aliphatic carbocycles. The fraction of sp³-hybridized carbons (Fsp3) is 0.318. The molecule has 2 aliphatic rings. The Labute approximate surface area is 168 Å². The number of carbonyl (C=O) groups excluding carboxylic acids is 1. The van der Waals surface area contributed by atoms with Crippen molar-refractivity contribution in [2.24, 2.45) is 5.73 Å². The van der Waals surface area contributed by atoms with Crippen LogP contribution in [0.2, 0.25) is 0 Å². The first-order valence-electron chi connectivity index (χ1n) is 9.95. The molecule has 7 nitrogen and oxygen atoms in total. The number of fused-ring (bicyclic) bond motifs is 3. The summed E-state index contributed by atoms with van der Waals surface area (Å²) in [5.41, 5.74) is 9.43. The van der Waals surface area contributed by atoms with Crippen molar-refractivity contribution in [3.63, 3.8) is 0 Å². The third kappa shape index (κ3) is 2.97. The second-order valence-corrected chi connectivity index (χ2v) is 7.91. The Morgan fingerprint density at radius 3 is 2.59 bits per heavy atom. The first-order valence-corrected chi connectivity index (χ1v) is 9.95. The summed E-state index contributed by atoms with van der Waals surface area (Å²) in [6.07, 6.45) is 7.66. The predicted molar refractivity (Wildman–Crippen MR) is 112 cm³/mol. The molecular formula is C22H22N6O. The normalized spacial score (nSPS) is 23.1. The number of carbonyl (C=O) groups is 1. The van der Waals surface area contributed by atoms with Crippen molar-refractivity contribution >= 4 is 28.3 Å². The molecule has 3 aromatic rings. The molecule has 2 aromatic heterocycles. The summed E-state index contributed by atoms with van der Waals surface area (Å²) in [6, 6.07) is 13.1. The molecule has 2 aliphatic heterocycles. The number of rotatable bonds is 4. The maximum Gasteiger partial charge on any atom is 0.252 e. The lowest BCUT2D eigenvalue weighted by atomic mass is 9.95. The van der Waals surface area contributed by atoms with Crippen LogP contribution in [0.3, 0.4) is 0 Å². The van der Waals surface area contributed by atoms with E-state index in [1.165, 1.54) is 5.69 Å². The number of nitrogens with one attached hydrogen (secondary N) is 2. The Balaban J connectivity index is 1.40.